The van der Waals surface area contributed by atoms with Gasteiger partial charge in [0.25, 0.3) is 0 Å². The molecule has 10 nitrogen and oxygen atoms in total. The lowest BCUT2D eigenvalue weighted by Gasteiger charge is -2.27. The molecule has 0 radical (unpaired) electrons. The fourth-order valence-electron chi connectivity index (χ4n) is 3.01. The van der Waals surface area contributed by atoms with Gasteiger partial charge in [-0.15, -0.1) is 0 Å². The van der Waals surface area contributed by atoms with E-state index >= 15 is 0 Å². The maximum Gasteiger partial charge on any atom is 0.164 e. The molecule has 0 aliphatic carbocycles. The molecule has 3 heterocycles. The minimum Gasteiger partial charge on any atom is -0.394 e. The topological polar surface area (TPSA) is 167 Å². The number of aryl methyl sites for hydroxylation is 1. The fraction of sp³-hybridized carbons (Fsp3) is 0.571. The van der Waals surface area contributed by atoms with Crippen LogP contribution < -0.4 is 5.73 Å². The van der Waals surface area contributed by atoms with Crippen LogP contribution in [0.1, 0.15) is 11.8 Å². The van der Waals surface area contributed by atoms with Crippen molar-refractivity contribution in [2.24, 2.45) is 0 Å². The lowest BCUT2D eigenvalue weighted by Crippen LogP contribution is -2.47. The summed E-state index contributed by atoms with van der Waals surface area (Å²) in [7, 11) is 0. The van der Waals surface area contributed by atoms with Crippen LogP contribution in [-0.4, -0.2) is 77.2 Å². The second-order valence-electron chi connectivity index (χ2n) is 5.89. The Kier molecular flexibility index (Phi) is 4.42. The number of nitrogens with zero attached hydrogens (tertiary/aromatic N) is 3. The molecule has 3 rings (SSSR count). The molecular weight excluding hydrogens is 320 g/mol. The van der Waals surface area contributed by atoms with Crippen LogP contribution in [0.3, 0.4) is 0 Å². The smallest absolute Gasteiger partial charge is 0.164 e. The van der Waals surface area contributed by atoms with Crippen molar-refractivity contribution in [3.63, 3.8) is 0 Å². The van der Waals surface area contributed by atoms with Gasteiger partial charge in [-0.1, -0.05) is 0 Å². The Morgan fingerprint density at radius 2 is 1.79 bits per heavy atom. The zero-order valence-electron chi connectivity index (χ0n) is 12.9. The van der Waals surface area contributed by atoms with Crippen LogP contribution in [0.5, 0.6) is 0 Å². The normalized spacial score (nSPS) is 34.4. The summed E-state index contributed by atoms with van der Waals surface area (Å²) in [5.74, 6) is 0.249. The summed E-state index contributed by atoms with van der Waals surface area (Å²) >= 11 is 0. The van der Waals surface area contributed by atoms with Gasteiger partial charge in [0.1, 0.15) is 48.3 Å². The van der Waals surface area contributed by atoms with Gasteiger partial charge in [-0.25, -0.2) is 9.97 Å². The summed E-state index contributed by atoms with van der Waals surface area (Å²) in [6.45, 7) is 1.16. The molecule has 0 amide bonds. The van der Waals surface area contributed by atoms with E-state index in [1.807, 2.05) is 0 Å². The van der Waals surface area contributed by atoms with Gasteiger partial charge in [-0.3, -0.25) is 0 Å². The fourth-order valence-corrected chi connectivity index (χ4v) is 3.01. The van der Waals surface area contributed by atoms with Gasteiger partial charge in [-0.05, 0) is 12.5 Å². The maximum atomic E-state index is 10.4. The first kappa shape index (κ1) is 17.0. The predicted molar refractivity (Wildman–Crippen MR) is 81.7 cm³/mol. The van der Waals surface area contributed by atoms with Gasteiger partial charge >= 0.3 is 0 Å². The lowest BCUT2D eigenvalue weighted by atomic mass is 10.0. The van der Waals surface area contributed by atoms with Gasteiger partial charge < -0.3 is 40.6 Å². The van der Waals surface area contributed by atoms with E-state index in [1.54, 1.807) is 13.1 Å². The molecular formula is C14H20N4O6. The Hall–Kier alpha value is -1.82. The number of anilines is 1. The molecule has 10 heteroatoms. The number of nitrogen functional groups attached to an aromatic ring is 1. The molecule has 2 aromatic rings. The summed E-state index contributed by atoms with van der Waals surface area (Å²) < 4.78 is 7.00. The van der Waals surface area contributed by atoms with Crippen molar-refractivity contribution >= 4 is 16.9 Å². The van der Waals surface area contributed by atoms with E-state index in [9.17, 15) is 25.5 Å². The Morgan fingerprint density at radius 1 is 1.12 bits per heavy atom. The van der Waals surface area contributed by atoms with Crippen LogP contribution in [0.15, 0.2) is 12.5 Å². The minimum atomic E-state index is -1.68. The number of fused-ring (bicyclic) bond motifs is 1. The van der Waals surface area contributed by atoms with Gasteiger partial charge in [0.2, 0.25) is 0 Å². The molecule has 0 spiro atoms. The van der Waals surface area contributed by atoms with Crippen LogP contribution in [0.4, 0.5) is 5.82 Å². The predicted octanol–water partition coefficient (Wildman–Crippen LogP) is -2.34. The number of hydrogen-bond donors (Lipinski definition) is 6. The van der Waals surface area contributed by atoms with Crippen molar-refractivity contribution in [1.82, 2.24) is 14.5 Å². The van der Waals surface area contributed by atoms with Gasteiger partial charge in [0.15, 0.2) is 6.23 Å². The Balaban J connectivity index is 2.12. The van der Waals surface area contributed by atoms with Crippen LogP contribution in [0.2, 0.25) is 0 Å². The van der Waals surface area contributed by atoms with E-state index in [4.69, 9.17) is 10.5 Å². The first-order valence-corrected chi connectivity index (χ1v) is 7.43. The molecule has 0 bridgehead atoms. The van der Waals surface area contributed by atoms with Crippen molar-refractivity contribution in [3.05, 3.63) is 18.1 Å². The molecule has 6 atom stereocenters. The van der Waals surface area contributed by atoms with E-state index in [2.05, 4.69) is 9.97 Å². The van der Waals surface area contributed by atoms with Crippen molar-refractivity contribution < 1.29 is 30.3 Å². The molecule has 7 N–H and O–H groups in total. The summed E-state index contributed by atoms with van der Waals surface area (Å²) in [4.78, 5) is 8.04. The van der Waals surface area contributed by atoms with Crippen molar-refractivity contribution in [2.75, 3.05) is 12.3 Å². The highest BCUT2D eigenvalue weighted by atomic mass is 16.6. The molecule has 1 fully saturated rings. The molecule has 0 saturated carbocycles. The third kappa shape index (κ3) is 2.53. The molecule has 0 aromatic carbocycles. The summed E-state index contributed by atoms with van der Waals surface area (Å²) in [5, 5.41) is 50.3. The van der Waals surface area contributed by atoms with E-state index in [0.717, 1.165) is 5.56 Å². The SMILES string of the molecule is Cc1cn([C@@H]2OC(CO)[C@@H](O)[C@H](O)C(O)C2O)c2ncnc(N)c12. The number of nitrogens with two attached hydrogens (primary N) is 1. The Labute approximate surface area is 136 Å². The number of aliphatic hydroxyl groups excluding tert-OH is 5. The van der Waals surface area contributed by atoms with Crippen LogP contribution in [0.25, 0.3) is 11.0 Å². The van der Waals surface area contributed by atoms with Crippen molar-refractivity contribution in [3.8, 4) is 0 Å². The quantitative estimate of drug-likeness (QED) is 0.351. The Bertz CT molecular complexity index is 735. The van der Waals surface area contributed by atoms with Crippen LogP contribution in [0, 0.1) is 6.92 Å². The highest BCUT2D eigenvalue weighted by molar-refractivity contribution is 5.89. The number of hydrogen-bond acceptors (Lipinski definition) is 9. The highest BCUT2D eigenvalue weighted by Crippen LogP contribution is 2.32. The highest BCUT2D eigenvalue weighted by Gasteiger charge is 2.45. The third-order valence-electron chi connectivity index (χ3n) is 4.32. The molecule has 132 valence electrons. The van der Waals surface area contributed by atoms with Gasteiger partial charge in [-0.2, -0.15) is 0 Å². The zero-order chi connectivity index (χ0) is 17.6. The second-order valence-corrected chi connectivity index (χ2v) is 5.89. The van der Waals surface area contributed by atoms with Crippen molar-refractivity contribution in [2.45, 2.75) is 43.7 Å². The number of ether oxygens (including phenoxy) is 1. The number of aromatic nitrogens is 3. The van der Waals surface area contributed by atoms with E-state index in [0.29, 0.717) is 11.0 Å². The number of aliphatic hydroxyl groups is 5. The lowest BCUT2D eigenvalue weighted by molar-refractivity contribution is -0.149. The average molecular weight is 340 g/mol. The molecule has 1 aliphatic heterocycles. The monoisotopic (exact) mass is 340 g/mol. The number of rotatable bonds is 2. The van der Waals surface area contributed by atoms with Gasteiger partial charge in [0, 0.05) is 6.20 Å². The summed E-state index contributed by atoms with van der Waals surface area (Å²) in [6.07, 6.45) is -6.04. The van der Waals surface area contributed by atoms with E-state index < -0.39 is 43.4 Å². The molecule has 2 aromatic heterocycles. The maximum absolute atomic E-state index is 10.4. The average Bonchev–Trinajstić information content (AvgIpc) is 2.88. The zero-order valence-corrected chi connectivity index (χ0v) is 12.9. The first-order chi connectivity index (χ1) is 11.4. The summed E-state index contributed by atoms with van der Waals surface area (Å²) in [5.41, 5.74) is 6.93. The molecule has 24 heavy (non-hydrogen) atoms. The molecule has 1 aliphatic rings. The summed E-state index contributed by atoms with van der Waals surface area (Å²) in [6, 6.07) is 0. The first-order valence-electron chi connectivity index (χ1n) is 7.43. The largest absolute Gasteiger partial charge is 0.394 e. The standard InChI is InChI=1S/C14H20N4O6/c1-5-2-18(13-7(5)12(15)16-4-17-13)14-11(23)10(22)9(21)8(20)6(3-19)24-14/h2,4,6,8-11,14,19-23H,3H2,1H3,(H2,15,16,17)/t6?,8-,9+,10?,11?,14-/m1/s1. The molecule has 1 saturated heterocycles. The minimum absolute atomic E-state index is 0.249. The van der Waals surface area contributed by atoms with Crippen LogP contribution in [-0.2, 0) is 4.74 Å². The van der Waals surface area contributed by atoms with E-state index in [-0.39, 0.29) is 5.82 Å². The van der Waals surface area contributed by atoms with Gasteiger partial charge in [0.05, 0.1) is 12.0 Å². The molecule has 3 unspecified atom stereocenters. The Morgan fingerprint density at radius 3 is 2.46 bits per heavy atom. The van der Waals surface area contributed by atoms with Crippen molar-refractivity contribution in [1.29, 1.82) is 0 Å². The van der Waals surface area contributed by atoms with E-state index in [1.165, 1.54) is 10.9 Å². The van der Waals surface area contributed by atoms with Crippen LogP contribution >= 0.6 is 0 Å². The second kappa shape index (κ2) is 6.24. The third-order valence-corrected chi connectivity index (χ3v) is 4.32.